The molecular weight excluding hydrogens is 168 g/mol. The Labute approximate surface area is 70.6 Å². The number of carbonyl (C=O) groups excluding carboxylic acids is 1. The van der Waals surface area contributed by atoms with Gasteiger partial charge in [0.25, 0.3) is 0 Å². The number of nitrogens with one attached hydrogen (secondary N) is 1. The monoisotopic (exact) mass is 178 g/mol. The van der Waals surface area contributed by atoms with E-state index in [1.165, 1.54) is 0 Å². The highest BCUT2D eigenvalue weighted by molar-refractivity contribution is 6.28. The van der Waals surface area contributed by atoms with Crippen molar-refractivity contribution in [3.05, 3.63) is 0 Å². The first kappa shape index (κ1) is 10.2. The minimum Gasteiger partial charge on any atom is -0.449 e. The molecule has 0 aliphatic heterocycles. The minimum absolute atomic E-state index is 0.298. The molecule has 1 amide bonds. The molecule has 64 valence electrons. The predicted octanol–water partition coefficient (Wildman–Crippen LogP) is 1.35. The zero-order valence-corrected chi connectivity index (χ0v) is 7.31. The van der Waals surface area contributed by atoms with Crippen LogP contribution >= 0.6 is 11.6 Å². The average Bonchev–Trinajstić information content (AvgIpc) is 2.01. The molecule has 0 radical (unpaired) electrons. The first-order chi connectivity index (χ1) is 5.20. The van der Waals surface area contributed by atoms with Crippen LogP contribution in [0.2, 0.25) is 0 Å². The van der Waals surface area contributed by atoms with Gasteiger partial charge in [-0.15, -0.1) is 11.6 Å². The lowest BCUT2D eigenvalue weighted by molar-refractivity contribution is 0.152. The molecular formula is C6H11ClN2O2. The lowest BCUT2D eigenvalue weighted by atomic mass is 10.5. The summed E-state index contributed by atoms with van der Waals surface area (Å²) in [6.07, 6.45) is -0.558. The van der Waals surface area contributed by atoms with Crippen LogP contribution in [-0.4, -0.2) is 24.3 Å². The summed E-state index contributed by atoms with van der Waals surface area (Å²) in [4.78, 5) is 10.6. The molecule has 0 bridgehead atoms. The Morgan fingerprint density at radius 3 is 2.82 bits per heavy atom. The second-order valence-corrected chi connectivity index (χ2v) is 2.08. The van der Waals surface area contributed by atoms with Gasteiger partial charge < -0.3 is 4.74 Å². The van der Waals surface area contributed by atoms with Crippen LogP contribution in [0.15, 0.2) is 5.10 Å². The molecule has 0 fully saturated rings. The molecule has 11 heavy (non-hydrogen) atoms. The van der Waals surface area contributed by atoms with Gasteiger partial charge in [-0.2, -0.15) is 5.10 Å². The van der Waals surface area contributed by atoms with E-state index in [0.29, 0.717) is 18.2 Å². The van der Waals surface area contributed by atoms with Crippen molar-refractivity contribution in [2.24, 2.45) is 5.10 Å². The number of nitrogens with zero attached hydrogens (tertiary/aromatic N) is 1. The Morgan fingerprint density at radius 2 is 2.36 bits per heavy atom. The van der Waals surface area contributed by atoms with Gasteiger partial charge in [0.2, 0.25) is 0 Å². The quantitative estimate of drug-likeness (QED) is 0.403. The van der Waals surface area contributed by atoms with E-state index in [1.807, 2.05) is 0 Å². The fraction of sp³-hybridized carbons (Fsp3) is 0.667. The van der Waals surface area contributed by atoms with Crippen LogP contribution < -0.4 is 5.43 Å². The van der Waals surface area contributed by atoms with E-state index in [9.17, 15) is 4.79 Å². The van der Waals surface area contributed by atoms with Crippen molar-refractivity contribution in [3.8, 4) is 0 Å². The van der Waals surface area contributed by atoms with Crippen molar-refractivity contribution in [1.29, 1.82) is 0 Å². The number of ether oxygens (including phenoxy) is 1. The van der Waals surface area contributed by atoms with Crippen molar-refractivity contribution in [2.75, 3.05) is 12.5 Å². The maximum atomic E-state index is 10.6. The molecule has 1 N–H and O–H groups in total. The summed E-state index contributed by atoms with van der Waals surface area (Å²) in [6, 6.07) is 0. The van der Waals surface area contributed by atoms with Gasteiger partial charge in [0, 0.05) is 0 Å². The van der Waals surface area contributed by atoms with Crippen molar-refractivity contribution in [2.45, 2.75) is 13.8 Å². The van der Waals surface area contributed by atoms with E-state index in [-0.39, 0.29) is 0 Å². The maximum Gasteiger partial charge on any atom is 0.427 e. The molecule has 0 aliphatic rings. The number of alkyl halides is 1. The Hall–Kier alpha value is -0.770. The number of rotatable bonds is 3. The fourth-order valence-corrected chi connectivity index (χ4v) is 0.394. The molecule has 0 aromatic heterocycles. The van der Waals surface area contributed by atoms with Crippen LogP contribution in [-0.2, 0) is 4.74 Å². The molecule has 0 rings (SSSR count). The lowest BCUT2D eigenvalue weighted by Crippen LogP contribution is -2.20. The summed E-state index contributed by atoms with van der Waals surface area (Å²) in [5.41, 5.74) is 2.82. The first-order valence-electron chi connectivity index (χ1n) is 3.22. The van der Waals surface area contributed by atoms with E-state index in [1.54, 1.807) is 13.8 Å². The number of carbonyl (C=O) groups is 1. The van der Waals surface area contributed by atoms with E-state index >= 15 is 0 Å². The van der Waals surface area contributed by atoms with Crippen molar-refractivity contribution in [3.63, 3.8) is 0 Å². The third kappa shape index (κ3) is 5.66. The lowest BCUT2D eigenvalue weighted by Gasteiger charge is -1.99. The van der Waals surface area contributed by atoms with Crippen LogP contribution in [0.25, 0.3) is 0 Å². The zero-order chi connectivity index (χ0) is 8.69. The van der Waals surface area contributed by atoms with Crippen LogP contribution in [0.1, 0.15) is 13.8 Å². The maximum absolute atomic E-state index is 10.6. The summed E-state index contributed by atoms with van der Waals surface area (Å²) in [6.45, 7) is 3.76. The zero-order valence-electron chi connectivity index (χ0n) is 6.56. The van der Waals surface area contributed by atoms with Gasteiger partial charge in [-0.3, -0.25) is 0 Å². The van der Waals surface area contributed by atoms with Crippen LogP contribution in [0.4, 0.5) is 4.79 Å². The average molecular weight is 179 g/mol. The normalized spacial score (nSPS) is 11.0. The smallest absolute Gasteiger partial charge is 0.427 e. The van der Waals surface area contributed by atoms with E-state index in [2.05, 4.69) is 15.3 Å². The van der Waals surface area contributed by atoms with E-state index < -0.39 is 6.09 Å². The Kier molecular flexibility index (Phi) is 5.56. The summed E-state index contributed by atoms with van der Waals surface area (Å²) in [7, 11) is 0. The van der Waals surface area contributed by atoms with Gasteiger partial charge in [-0.05, 0) is 13.8 Å². The molecule has 0 aromatic rings. The number of amides is 1. The molecule has 0 heterocycles. The second-order valence-electron chi connectivity index (χ2n) is 1.81. The summed E-state index contributed by atoms with van der Waals surface area (Å²) >= 11 is 5.39. The summed E-state index contributed by atoms with van der Waals surface area (Å²) in [5, 5.41) is 3.62. The predicted molar refractivity (Wildman–Crippen MR) is 44.0 cm³/mol. The topological polar surface area (TPSA) is 50.7 Å². The Morgan fingerprint density at radius 1 is 1.73 bits per heavy atom. The van der Waals surface area contributed by atoms with Gasteiger partial charge in [0.1, 0.15) is 0 Å². The Balaban J connectivity index is 3.60. The van der Waals surface area contributed by atoms with Crippen LogP contribution in [0, 0.1) is 0 Å². The van der Waals surface area contributed by atoms with Crippen molar-refractivity contribution >= 4 is 23.4 Å². The van der Waals surface area contributed by atoms with Crippen LogP contribution in [0.5, 0.6) is 0 Å². The Bertz CT molecular complexity index is 159. The fourth-order valence-electron chi connectivity index (χ4n) is 0.334. The molecule has 0 saturated heterocycles. The molecule has 0 aliphatic carbocycles. The SMILES string of the molecule is CCOC(=O)N/N=C(\C)CCl. The molecule has 0 spiro atoms. The number of halogens is 1. The second kappa shape index (κ2) is 5.97. The minimum atomic E-state index is -0.558. The highest BCUT2D eigenvalue weighted by Gasteiger charge is 1.96. The number of hydrogen-bond donors (Lipinski definition) is 1. The molecule has 0 saturated carbocycles. The van der Waals surface area contributed by atoms with Crippen LogP contribution in [0.3, 0.4) is 0 Å². The third-order valence-electron chi connectivity index (χ3n) is 0.807. The summed E-state index contributed by atoms with van der Waals surface area (Å²) in [5.74, 6) is 0.298. The van der Waals surface area contributed by atoms with E-state index in [4.69, 9.17) is 11.6 Å². The molecule has 0 unspecified atom stereocenters. The van der Waals surface area contributed by atoms with Gasteiger partial charge >= 0.3 is 6.09 Å². The van der Waals surface area contributed by atoms with Gasteiger partial charge in [0.15, 0.2) is 0 Å². The third-order valence-corrected chi connectivity index (χ3v) is 1.19. The highest BCUT2D eigenvalue weighted by atomic mass is 35.5. The molecule has 5 heteroatoms. The van der Waals surface area contributed by atoms with Crippen molar-refractivity contribution < 1.29 is 9.53 Å². The van der Waals surface area contributed by atoms with Crippen molar-refractivity contribution in [1.82, 2.24) is 5.43 Å². The van der Waals surface area contributed by atoms with Gasteiger partial charge in [0.05, 0.1) is 18.2 Å². The van der Waals surface area contributed by atoms with Gasteiger partial charge in [-0.25, -0.2) is 10.2 Å². The largest absolute Gasteiger partial charge is 0.449 e. The van der Waals surface area contributed by atoms with Gasteiger partial charge in [-0.1, -0.05) is 0 Å². The summed E-state index contributed by atoms with van der Waals surface area (Å²) < 4.78 is 4.54. The highest BCUT2D eigenvalue weighted by Crippen LogP contribution is 1.81. The molecule has 0 aromatic carbocycles. The molecule has 0 atom stereocenters. The van der Waals surface area contributed by atoms with E-state index in [0.717, 1.165) is 0 Å². The first-order valence-corrected chi connectivity index (χ1v) is 3.76. The number of hydrazone groups is 1. The number of hydrogen-bond acceptors (Lipinski definition) is 3. The standard InChI is InChI=1S/C6H11ClN2O2/c1-3-11-6(10)9-8-5(2)4-7/h3-4H2,1-2H3,(H,9,10)/b8-5+. The molecule has 4 nitrogen and oxygen atoms in total.